The first-order valence-electron chi connectivity index (χ1n) is 4.93. The predicted octanol–water partition coefficient (Wildman–Crippen LogP) is 2.29. The number of nitrogens with zero attached hydrogens (tertiary/aromatic N) is 1. The number of nitrogens with one attached hydrogen (secondary N) is 1. The van der Waals surface area contributed by atoms with E-state index in [-0.39, 0.29) is 11.9 Å². The summed E-state index contributed by atoms with van der Waals surface area (Å²) in [5, 5.41) is 3.79. The van der Waals surface area contributed by atoms with Gasteiger partial charge in [0.2, 0.25) is 0 Å². The van der Waals surface area contributed by atoms with Crippen LogP contribution in [0.4, 0.5) is 0 Å². The van der Waals surface area contributed by atoms with Gasteiger partial charge in [-0.3, -0.25) is 9.78 Å². The number of hydrogen-bond donors (Lipinski definition) is 1. The molecule has 1 amide bonds. The minimum atomic E-state index is -0.0958. The summed E-state index contributed by atoms with van der Waals surface area (Å²) in [4.78, 5) is 15.8. The second kappa shape index (κ2) is 5.85. The highest BCUT2D eigenvalue weighted by Crippen LogP contribution is 2.04. The summed E-state index contributed by atoms with van der Waals surface area (Å²) in [6.07, 6.45) is 2.55. The molecule has 0 radical (unpaired) electrons. The molecule has 1 N–H and O–H groups in total. The molecule has 0 saturated carbocycles. The smallest absolute Gasteiger partial charge is 0.270 e. The van der Waals surface area contributed by atoms with E-state index in [4.69, 9.17) is 0 Å². The third kappa shape index (κ3) is 3.63. The standard InChI is InChI=1S/C11H15BrN2O/c1-8-4-3-7-13-10(8)11(15)14-9(2)5-6-12/h3-4,7,9H,5-6H2,1-2H3,(H,14,15). The molecule has 0 aliphatic heterocycles. The summed E-state index contributed by atoms with van der Waals surface area (Å²) in [5.74, 6) is -0.0958. The third-order valence-corrected chi connectivity index (χ3v) is 2.60. The van der Waals surface area contributed by atoms with Gasteiger partial charge in [-0.2, -0.15) is 0 Å². The van der Waals surface area contributed by atoms with Gasteiger partial charge in [-0.15, -0.1) is 0 Å². The maximum atomic E-state index is 11.8. The number of carbonyl (C=O) groups excluding carboxylic acids is 1. The van der Waals surface area contributed by atoms with Gasteiger partial charge < -0.3 is 5.32 Å². The Labute approximate surface area is 98.4 Å². The monoisotopic (exact) mass is 270 g/mol. The van der Waals surface area contributed by atoms with Crippen molar-refractivity contribution >= 4 is 21.8 Å². The number of alkyl halides is 1. The minimum Gasteiger partial charge on any atom is -0.348 e. The lowest BCUT2D eigenvalue weighted by Crippen LogP contribution is -2.33. The first-order chi connectivity index (χ1) is 7.15. The van der Waals surface area contributed by atoms with Crippen molar-refractivity contribution in [2.45, 2.75) is 26.3 Å². The summed E-state index contributed by atoms with van der Waals surface area (Å²) < 4.78 is 0. The van der Waals surface area contributed by atoms with Crippen molar-refractivity contribution in [2.75, 3.05) is 5.33 Å². The van der Waals surface area contributed by atoms with Crippen LogP contribution in [-0.2, 0) is 0 Å². The van der Waals surface area contributed by atoms with Crippen molar-refractivity contribution in [3.8, 4) is 0 Å². The van der Waals surface area contributed by atoms with E-state index in [1.807, 2.05) is 26.0 Å². The van der Waals surface area contributed by atoms with Crippen LogP contribution in [0.5, 0.6) is 0 Å². The van der Waals surface area contributed by atoms with E-state index in [1.54, 1.807) is 6.20 Å². The molecule has 0 fully saturated rings. The first kappa shape index (κ1) is 12.2. The number of halogens is 1. The average molecular weight is 271 g/mol. The fourth-order valence-electron chi connectivity index (χ4n) is 1.25. The van der Waals surface area contributed by atoms with Crippen LogP contribution in [0.1, 0.15) is 29.4 Å². The Bertz CT molecular complexity index is 341. The summed E-state index contributed by atoms with van der Waals surface area (Å²) in [7, 11) is 0. The van der Waals surface area contributed by atoms with Gasteiger partial charge in [0.1, 0.15) is 5.69 Å². The van der Waals surface area contributed by atoms with Crippen LogP contribution in [-0.4, -0.2) is 22.3 Å². The molecule has 15 heavy (non-hydrogen) atoms. The van der Waals surface area contributed by atoms with Gasteiger partial charge in [0.25, 0.3) is 5.91 Å². The highest BCUT2D eigenvalue weighted by molar-refractivity contribution is 9.09. The zero-order valence-corrected chi connectivity index (χ0v) is 10.5. The second-order valence-corrected chi connectivity index (χ2v) is 4.31. The number of aromatic nitrogens is 1. The largest absolute Gasteiger partial charge is 0.348 e. The SMILES string of the molecule is Cc1cccnc1C(=O)NC(C)CCBr. The molecule has 4 heteroatoms. The van der Waals surface area contributed by atoms with E-state index >= 15 is 0 Å². The van der Waals surface area contributed by atoms with Crippen LogP contribution in [0.15, 0.2) is 18.3 Å². The van der Waals surface area contributed by atoms with Crippen LogP contribution >= 0.6 is 15.9 Å². The molecule has 0 aliphatic rings. The lowest BCUT2D eigenvalue weighted by atomic mass is 10.2. The zero-order valence-electron chi connectivity index (χ0n) is 8.96. The first-order valence-corrected chi connectivity index (χ1v) is 6.05. The van der Waals surface area contributed by atoms with Crippen LogP contribution < -0.4 is 5.32 Å². The zero-order chi connectivity index (χ0) is 11.3. The highest BCUT2D eigenvalue weighted by Gasteiger charge is 2.12. The Morgan fingerprint density at radius 3 is 3.00 bits per heavy atom. The molecule has 0 aliphatic carbocycles. The van der Waals surface area contributed by atoms with Gasteiger partial charge in [-0.25, -0.2) is 0 Å². The lowest BCUT2D eigenvalue weighted by molar-refractivity contribution is 0.0934. The molecule has 0 bridgehead atoms. The lowest BCUT2D eigenvalue weighted by Gasteiger charge is -2.12. The fraction of sp³-hybridized carbons (Fsp3) is 0.455. The molecule has 1 atom stereocenters. The number of aryl methyl sites for hydroxylation is 1. The molecule has 82 valence electrons. The van der Waals surface area contributed by atoms with E-state index in [9.17, 15) is 4.79 Å². The molecule has 3 nitrogen and oxygen atoms in total. The maximum Gasteiger partial charge on any atom is 0.270 e. The Morgan fingerprint density at radius 2 is 2.40 bits per heavy atom. The molecule has 0 aromatic carbocycles. The molecule has 1 rings (SSSR count). The van der Waals surface area contributed by atoms with E-state index in [2.05, 4.69) is 26.2 Å². The Morgan fingerprint density at radius 1 is 1.67 bits per heavy atom. The van der Waals surface area contributed by atoms with Gasteiger partial charge >= 0.3 is 0 Å². The van der Waals surface area contributed by atoms with Crippen molar-refractivity contribution < 1.29 is 4.79 Å². The summed E-state index contributed by atoms with van der Waals surface area (Å²) in [6.45, 7) is 3.87. The Kier molecular flexibility index (Phi) is 4.75. The predicted molar refractivity (Wildman–Crippen MR) is 64.3 cm³/mol. The molecule has 1 unspecified atom stereocenters. The normalized spacial score (nSPS) is 12.2. The highest BCUT2D eigenvalue weighted by atomic mass is 79.9. The number of pyridine rings is 1. The van der Waals surface area contributed by atoms with Crippen molar-refractivity contribution in [1.29, 1.82) is 0 Å². The van der Waals surface area contributed by atoms with Gasteiger partial charge in [0.15, 0.2) is 0 Å². The van der Waals surface area contributed by atoms with Gasteiger partial charge in [-0.05, 0) is 31.9 Å². The fourth-order valence-corrected chi connectivity index (χ4v) is 1.94. The van der Waals surface area contributed by atoms with E-state index in [1.165, 1.54) is 0 Å². The topological polar surface area (TPSA) is 42.0 Å². The molecular weight excluding hydrogens is 256 g/mol. The van der Waals surface area contributed by atoms with E-state index in [0.29, 0.717) is 5.69 Å². The number of hydrogen-bond acceptors (Lipinski definition) is 2. The maximum absolute atomic E-state index is 11.8. The average Bonchev–Trinajstić information content (AvgIpc) is 2.18. The van der Waals surface area contributed by atoms with Gasteiger partial charge in [0.05, 0.1) is 0 Å². The second-order valence-electron chi connectivity index (χ2n) is 3.52. The molecule has 1 heterocycles. The molecular formula is C11H15BrN2O. The molecule has 1 aromatic heterocycles. The minimum absolute atomic E-state index is 0.0958. The van der Waals surface area contributed by atoms with Crippen molar-refractivity contribution in [1.82, 2.24) is 10.3 Å². The quantitative estimate of drug-likeness (QED) is 0.854. The summed E-state index contributed by atoms with van der Waals surface area (Å²) >= 11 is 3.34. The van der Waals surface area contributed by atoms with Crippen LogP contribution in [0.2, 0.25) is 0 Å². The van der Waals surface area contributed by atoms with Crippen LogP contribution in [0, 0.1) is 6.92 Å². The van der Waals surface area contributed by atoms with E-state index in [0.717, 1.165) is 17.3 Å². The number of carbonyl (C=O) groups is 1. The number of rotatable bonds is 4. The Balaban J connectivity index is 2.65. The molecule has 0 spiro atoms. The third-order valence-electron chi connectivity index (χ3n) is 2.14. The van der Waals surface area contributed by atoms with Gasteiger partial charge in [0, 0.05) is 17.6 Å². The summed E-state index contributed by atoms with van der Waals surface area (Å²) in [5.41, 5.74) is 1.42. The summed E-state index contributed by atoms with van der Waals surface area (Å²) in [6, 6.07) is 3.88. The van der Waals surface area contributed by atoms with Crippen LogP contribution in [0.3, 0.4) is 0 Å². The van der Waals surface area contributed by atoms with Crippen molar-refractivity contribution in [2.24, 2.45) is 0 Å². The van der Waals surface area contributed by atoms with Crippen LogP contribution in [0.25, 0.3) is 0 Å². The van der Waals surface area contributed by atoms with Gasteiger partial charge in [-0.1, -0.05) is 22.0 Å². The molecule has 1 aromatic rings. The van der Waals surface area contributed by atoms with Crippen molar-refractivity contribution in [3.05, 3.63) is 29.6 Å². The van der Waals surface area contributed by atoms with Crippen molar-refractivity contribution in [3.63, 3.8) is 0 Å². The molecule has 0 saturated heterocycles. The Hall–Kier alpha value is -0.900. The number of amides is 1. The van der Waals surface area contributed by atoms with E-state index < -0.39 is 0 Å².